The third-order valence-electron chi connectivity index (χ3n) is 2.05. The van der Waals surface area contributed by atoms with Crippen LogP contribution in [0.15, 0.2) is 12.3 Å². The van der Waals surface area contributed by atoms with E-state index < -0.39 is 42.9 Å². The summed E-state index contributed by atoms with van der Waals surface area (Å²) in [5.41, 5.74) is -1.16. The molecular formula is C9H10F3N3O4. The van der Waals surface area contributed by atoms with Crippen molar-refractivity contribution in [2.45, 2.75) is 18.8 Å². The molecule has 0 saturated heterocycles. The van der Waals surface area contributed by atoms with Gasteiger partial charge >= 0.3 is 12.1 Å². The van der Waals surface area contributed by atoms with Crippen LogP contribution < -0.4 is 5.32 Å². The second-order valence-electron chi connectivity index (χ2n) is 3.54. The van der Waals surface area contributed by atoms with E-state index >= 15 is 0 Å². The highest BCUT2D eigenvalue weighted by Crippen LogP contribution is 2.27. The first-order chi connectivity index (χ1) is 8.74. The Bertz CT molecular complexity index is 472. The predicted octanol–water partition coefficient (Wildman–Crippen LogP) is -0.536. The fourth-order valence-electron chi connectivity index (χ4n) is 1.17. The van der Waals surface area contributed by atoms with Crippen LogP contribution in [0.25, 0.3) is 0 Å². The van der Waals surface area contributed by atoms with E-state index in [9.17, 15) is 22.8 Å². The Morgan fingerprint density at radius 1 is 1.47 bits per heavy atom. The molecule has 106 valence electrons. The summed E-state index contributed by atoms with van der Waals surface area (Å²) < 4.78 is 37.4. The van der Waals surface area contributed by atoms with Gasteiger partial charge < -0.3 is 15.5 Å². The molecule has 1 heterocycles. The highest BCUT2D eigenvalue weighted by Gasteiger charge is 2.33. The van der Waals surface area contributed by atoms with Gasteiger partial charge in [-0.1, -0.05) is 0 Å². The molecule has 3 N–H and O–H groups in total. The van der Waals surface area contributed by atoms with Crippen LogP contribution in [0.5, 0.6) is 0 Å². The molecule has 0 aromatic carbocycles. The summed E-state index contributed by atoms with van der Waals surface area (Å²) in [6.45, 7) is -1.41. The number of hydrogen-bond donors (Lipinski definition) is 3. The molecule has 1 aromatic heterocycles. The van der Waals surface area contributed by atoms with E-state index in [4.69, 9.17) is 10.2 Å². The molecule has 0 unspecified atom stereocenters. The number of aromatic nitrogens is 2. The Balaban J connectivity index is 2.62. The number of aliphatic hydroxyl groups is 1. The summed E-state index contributed by atoms with van der Waals surface area (Å²) >= 11 is 0. The van der Waals surface area contributed by atoms with E-state index in [1.165, 1.54) is 0 Å². The second-order valence-corrected chi connectivity index (χ2v) is 3.54. The molecule has 0 radical (unpaired) electrons. The molecule has 19 heavy (non-hydrogen) atoms. The van der Waals surface area contributed by atoms with Gasteiger partial charge in [0.1, 0.15) is 12.6 Å². The Hall–Kier alpha value is -2.10. The van der Waals surface area contributed by atoms with Crippen molar-refractivity contribution in [2.24, 2.45) is 0 Å². The lowest BCUT2D eigenvalue weighted by Gasteiger charge is -2.11. The number of alkyl halides is 3. The molecule has 7 nitrogen and oxygen atoms in total. The van der Waals surface area contributed by atoms with E-state index in [-0.39, 0.29) is 0 Å². The number of hydrogen-bond acceptors (Lipinski definition) is 4. The van der Waals surface area contributed by atoms with Crippen molar-refractivity contribution in [3.63, 3.8) is 0 Å². The SMILES string of the molecule is O=C(Cn1ccc(C(F)(F)F)n1)N[C@@H](CO)C(=O)O. The lowest BCUT2D eigenvalue weighted by atomic mass is 10.3. The first kappa shape index (κ1) is 15.0. The lowest BCUT2D eigenvalue weighted by Crippen LogP contribution is -2.44. The number of aliphatic hydroxyl groups excluding tert-OH is 1. The van der Waals surface area contributed by atoms with Gasteiger partial charge in [-0.2, -0.15) is 18.3 Å². The molecule has 0 spiro atoms. The van der Waals surface area contributed by atoms with Crippen LogP contribution in [0, 0.1) is 0 Å². The van der Waals surface area contributed by atoms with Gasteiger partial charge in [-0.15, -0.1) is 0 Å². The number of aliphatic carboxylic acids is 1. The quantitative estimate of drug-likeness (QED) is 0.672. The number of nitrogens with one attached hydrogen (secondary N) is 1. The Labute approximate surface area is 104 Å². The van der Waals surface area contributed by atoms with Crippen molar-refractivity contribution in [3.05, 3.63) is 18.0 Å². The molecule has 0 saturated carbocycles. The number of amides is 1. The van der Waals surface area contributed by atoms with Crippen molar-refractivity contribution < 1.29 is 33.0 Å². The predicted molar refractivity (Wildman–Crippen MR) is 53.9 cm³/mol. The fraction of sp³-hybridized carbons (Fsp3) is 0.444. The number of carbonyl (C=O) groups excluding carboxylic acids is 1. The summed E-state index contributed by atoms with van der Waals surface area (Å²) in [5.74, 6) is -2.33. The van der Waals surface area contributed by atoms with Gasteiger partial charge in [-0.3, -0.25) is 9.48 Å². The summed E-state index contributed by atoms with van der Waals surface area (Å²) in [5, 5.41) is 22.3. The zero-order valence-electron chi connectivity index (χ0n) is 9.39. The molecule has 0 aliphatic heterocycles. The van der Waals surface area contributed by atoms with Crippen molar-refractivity contribution in [3.8, 4) is 0 Å². The zero-order chi connectivity index (χ0) is 14.6. The molecule has 1 atom stereocenters. The van der Waals surface area contributed by atoms with Crippen molar-refractivity contribution in [2.75, 3.05) is 6.61 Å². The van der Waals surface area contributed by atoms with E-state index in [1.54, 1.807) is 0 Å². The summed E-state index contributed by atoms with van der Waals surface area (Å²) in [4.78, 5) is 21.8. The largest absolute Gasteiger partial charge is 0.480 e. The second kappa shape index (κ2) is 5.69. The van der Waals surface area contributed by atoms with Crippen LogP contribution in [-0.4, -0.2) is 44.5 Å². The first-order valence-electron chi connectivity index (χ1n) is 4.97. The van der Waals surface area contributed by atoms with Gasteiger partial charge in [0, 0.05) is 6.20 Å². The van der Waals surface area contributed by atoms with Gasteiger partial charge in [0.15, 0.2) is 5.69 Å². The Morgan fingerprint density at radius 3 is 2.53 bits per heavy atom. The summed E-state index contributed by atoms with van der Waals surface area (Å²) in [7, 11) is 0. The number of halogens is 3. The van der Waals surface area contributed by atoms with Crippen molar-refractivity contribution in [1.29, 1.82) is 0 Å². The summed E-state index contributed by atoms with van der Waals surface area (Å²) in [6, 6.07) is -0.821. The third-order valence-corrected chi connectivity index (χ3v) is 2.05. The number of carboxylic acid groups (broad SMARTS) is 1. The molecule has 1 amide bonds. The highest BCUT2D eigenvalue weighted by atomic mass is 19.4. The molecule has 0 fully saturated rings. The van der Waals surface area contributed by atoms with Crippen LogP contribution in [0.2, 0.25) is 0 Å². The summed E-state index contributed by atoms with van der Waals surface area (Å²) in [6.07, 6.45) is -3.67. The van der Waals surface area contributed by atoms with Crippen LogP contribution in [-0.2, 0) is 22.3 Å². The van der Waals surface area contributed by atoms with Gasteiger partial charge in [0.25, 0.3) is 0 Å². The molecular weight excluding hydrogens is 271 g/mol. The zero-order valence-corrected chi connectivity index (χ0v) is 9.39. The van der Waals surface area contributed by atoms with Crippen molar-refractivity contribution in [1.82, 2.24) is 15.1 Å². The molecule has 0 aliphatic rings. The van der Waals surface area contributed by atoms with E-state index in [0.29, 0.717) is 10.7 Å². The minimum Gasteiger partial charge on any atom is -0.480 e. The topological polar surface area (TPSA) is 104 Å². The highest BCUT2D eigenvalue weighted by molar-refractivity contribution is 5.83. The number of carbonyl (C=O) groups is 2. The Morgan fingerprint density at radius 2 is 2.11 bits per heavy atom. The van der Waals surface area contributed by atoms with Crippen LogP contribution >= 0.6 is 0 Å². The molecule has 0 bridgehead atoms. The van der Waals surface area contributed by atoms with Crippen LogP contribution in [0.3, 0.4) is 0 Å². The van der Waals surface area contributed by atoms with E-state index in [0.717, 1.165) is 6.20 Å². The number of carboxylic acids is 1. The number of rotatable bonds is 5. The third kappa shape index (κ3) is 4.25. The average Bonchev–Trinajstić information content (AvgIpc) is 2.73. The van der Waals surface area contributed by atoms with E-state index in [2.05, 4.69) is 5.10 Å². The van der Waals surface area contributed by atoms with Gasteiger partial charge in [0.05, 0.1) is 6.61 Å². The molecule has 1 rings (SSSR count). The smallest absolute Gasteiger partial charge is 0.435 e. The maximum absolute atomic E-state index is 12.2. The maximum atomic E-state index is 12.2. The maximum Gasteiger partial charge on any atom is 0.435 e. The monoisotopic (exact) mass is 281 g/mol. The van der Waals surface area contributed by atoms with Crippen LogP contribution in [0.4, 0.5) is 13.2 Å². The van der Waals surface area contributed by atoms with Gasteiger partial charge in [-0.05, 0) is 6.07 Å². The molecule has 0 aliphatic carbocycles. The fourth-order valence-corrected chi connectivity index (χ4v) is 1.17. The standard InChI is InChI=1S/C9H10F3N3O4/c10-9(11,12)6-1-2-15(14-6)3-7(17)13-5(4-16)8(18)19/h1-2,5,16H,3-4H2,(H,13,17)(H,18,19)/t5-/m0/s1. The molecule has 10 heteroatoms. The van der Waals surface area contributed by atoms with Crippen LogP contribution in [0.1, 0.15) is 5.69 Å². The number of nitrogens with zero attached hydrogens (tertiary/aromatic N) is 2. The van der Waals surface area contributed by atoms with E-state index in [1.807, 2.05) is 5.32 Å². The molecule has 1 aromatic rings. The first-order valence-corrected chi connectivity index (χ1v) is 4.97. The van der Waals surface area contributed by atoms with Gasteiger partial charge in [-0.25, -0.2) is 4.79 Å². The normalized spacial score (nSPS) is 13.1. The van der Waals surface area contributed by atoms with Gasteiger partial charge in [0.2, 0.25) is 5.91 Å². The Kier molecular flexibility index (Phi) is 4.48. The minimum absolute atomic E-state index is 0.583. The minimum atomic E-state index is -4.61. The van der Waals surface area contributed by atoms with Crippen molar-refractivity contribution >= 4 is 11.9 Å². The lowest BCUT2D eigenvalue weighted by molar-refractivity contribution is -0.143. The average molecular weight is 281 g/mol.